The van der Waals surface area contributed by atoms with Crippen LogP contribution in [0.3, 0.4) is 0 Å². The maximum Gasteiger partial charge on any atom is 0.320 e. The number of carboxylic acid groups (broad SMARTS) is 1. The van der Waals surface area contributed by atoms with Gasteiger partial charge in [-0.2, -0.15) is 0 Å². The number of hydrogen-bond donors (Lipinski definition) is 3. The number of carbonyl (C=O) groups is 1. The zero-order chi connectivity index (χ0) is 17.4. The zero-order valence-electron chi connectivity index (χ0n) is 14.1. The van der Waals surface area contributed by atoms with Crippen molar-refractivity contribution in [1.29, 1.82) is 0 Å². The summed E-state index contributed by atoms with van der Waals surface area (Å²) in [5, 5.41) is 15.5. The quantitative estimate of drug-likeness (QED) is 0.656. The molecule has 3 N–H and O–H groups in total. The molecule has 0 saturated carbocycles. The summed E-state index contributed by atoms with van der Waals surface area (Å²) in [4.78, 5) is 19.8. The third-order valence-corrected chi connectivity index (χ3v) is 4.00. The van der Waals surface area contributed by atoms with E-state index >= 15 is 0 Å². The number of aliphatic carboxylic acids is 1. The van der Waals surface area contributed by atoms with Gasteiger partial charge in [0.25, 0.3) is 0 Å². The Labute approximate surface area is 142 Å². The molecule has 0 fully saturated rings. The first-order chi connectivity index (χ1) is 11.6. The molecule has 0 aliphatic heterocycles. The van der Waals surface area contributed by atoms with E-state index in [4.69, 9.17) is 0 Å². The third-order valence-electron chi connectivity index (χ3n) is 4.00. The Bertz CT molecular complexity index is 631. The van der Waals surface area contributed by atoms with Crippen LogP contribution < -0.4 is 10.6 Å². The number of rotatable bonds is 9. The fraction of sp³-hybridized carbons (Fsp3) is 0.389. The van der Waals surface area contributed by atoms with Crippen molar-refractivity contribution in [3.8, 4) is 0 Å². The second kappa shape index (κ2) is 8.98. The summed E-state index contributed by atoms with van der Waals surface area (Å²) in [6, 6.07) is 9.46. The van der Waals surface area contributed by atoms with E-state index < -0.39 is 12.0 Å². The highest BCUT2D eigenvalue weighted by Gasteiger charge is 2.22. The van der Waals surface area contributed by atoms with E-state index in [1.54, 1.807) is 12.4 Å². The highest BCUT2D eigenvalue weighted by molar-refractivity contribution is 5.73. The topological polar surface area (TPSA) is 87.1 Å². The predicted octanol–water partition coefficient (Wildman–Crippen LogP) is 2.68. The average Bonchev–Trinajstić information content (AvgIpc) is 2.61. The van der Waals surface area contributed by atoms with Gasteiger partial charge in [0.05, 0.1) is 0 Å². The van der Waals surface area contributed by atoms with Crippen LogP contribution in [0, 0.1) is 5.92 Å². The van der Waals surface area contributed by atoms with Gasteiger partial charge in [-0.3, -0.25) is 10.1 Å². The number of aromatic nitrogens is 2. The first-order valence-corrected chi connectivity index (χ1v) is 8.15. The molecule has 2 atom stereocenters. The van der Waals surface area contributed by atoms with E-state index in [0.29, 0.717) is 19.0 Å². The van der Waals surface area contributed by atoms with Crippen molar-refractivity contribution in [3.05, 3.63) is 53.9 Å². The molecule has 1 aromatic heterocycles. The lowest BCUT2D eigenvalue weighted by atomic mass is 9.99. The average molecular weight is 328 g/mol. The molecule has 2 unspecified atom stereocenters. The predicted molar refractivity (Wildman–Crippen MR) is 93.5 cm³/mol. The Hall–Kier alpha value is -2.47. The number of carboxylic acids is 1. The van der Waals surface area contributed by atoms with E-state index in [1.165, 1.54) is 0 Å². The van der Waals surface area contributed by atoms with Gasteiger partial charge in [0.2, 0.25) is 5.95 Å². The highest BCUT2D eigenvalue weighted by atomic mass is 16.4. The number of anilines is 1. The summed E-state index contributed by atoms with van der Waals surface area (Å²) < 4.78 is 0. The van der Waals surface area contributed by atoms with Crippen LogP contribution in [0.15, 0.2) is 42.7 Å². The van der Waals surface area contributed by atoms with Crippen molar-refractivity contribution < 1.29 is 9.90 Å². The SMILES string of the molecule is CCC(C)C(NCc1cnc(NCc2ccccc2)nc1)C(=O)O. The molecular weight excluding hydrogens is 304 g/mol. The summed E-state index contributed by atoms with van der Waals surface area (Å²) >= 11 is 0. The Morgan fingerprint density at radius 1 is 1.12 bits per heavy atom. The lowest BCUT2D eigenvalue weighted by Gasteiger charge is -2.20. The maximum absolute atomic E-state index is 11.3. The van der Waals surface area contributed by atoms with Crippen molar-refractivity contribution >= 4 is 11.9 Å². The number of nitrogens with zero attached hydrogens (tertiary/aromatic N) is 2. The molecule has 0 spiro atoms. The van der Waals surface area contributed by atoms with Crippen LogP contribution in [-0.4, -0.2) is 27.1 Å². The molecular formula is C18H24N4O2. The highest BCUT2D eigenvalue weighted by Crippen LogP contribution is 2.09. The number of nitrogens with one attached hydrogen (secondary N) is 2. The molecule has 0 radical (unpaired) electrons. The second-order valence-corrected chi connectivity index (χ2v) is 5.84. The fourth-order valence-electron chi connectivity index (χ4n) is 2.31. The first-order valence-electron chi connectivity index (χ1n) is 8.15. The molecule has 2 rings (SSSR count). The molecule has 1 heterocycles. The molecule has 6 heteroatoms. The minimum Gasteiger partial charge on any atom is -0.480 e. The van der Waals surface area contributed by atoms with Gasteiger partial charge in [-0.25, -0.2) is 9.97 Å². The van der Waals surface area contributed by atoms with Crippen LogP contribution in [0.4, 0.5) is 5.95 Å². The molecule has 0 bridgehead atoms. The van der Waals surface area contributed by atoms with E-state index in [2.05, 4.69) is 20.6 Å². The van der Waals surface area contributed by atoms with Crippen LogP contribution in [0.1, 0.15) is 31.4 Å². The monoisotopic (exact) mass is 328 g/mol. The van der Waals surface area contributed by atoms with Crippen LogP contribution in [0.2, 0.25) is 0 Å². The largest absolute Gasteiger partial charge is 0.480 e. The van der Waals surface area contributed by atoms with Crippen molar-refractivity contribution in [1.82, 2.24) is 15.3 Å². The molecule has 24 heavy (non-hydrogen) atoms. The lowest BCUT2D eigenvalue weighted by Crippen LogP contribution is -2.41. The first kappa shape index (κ1) is 17.9. The Kier molecular flexibility index (Phi) is 6.69. The van der Waals surface area contributed by atoms with Crippen molar-refractivity contribution in [2.75, 3.05) is 5.32 Å². The molecule has 0 amide bonds. The molecule has 0 saturated heterocycles. The van der Waals surface area contributed by atoms with Gasteiger partial charge in [-0.05, 0) is 11.5 Å². The van der Waals surface area contributed by atoms with Crippen molar-refractivity contribution in [2.45, 2.75) is 39.4 Å². The van der Waals surface area contributed by atoms with Crippen LogP contribution >= 0.6 is 0 Å². The minimum atomic E-state index is -0.827. The summed E-state index contributed by atoms with van der Waals surface area (Å²) in [6.07, 6.45) is 4.23. The Morgan fingerprint density at radius 2 is 1.79 bits per heavy atom. The molecule has 128 valence electrons. The Morgan fingerprint density at radius 3 is 2.38 bits per heavy atom. The van der Waals surface area contributed by atoms with Crippen molar-refractivity contribution in [2.24, 2.45) is 5.92 Å². The van der Waals surface area contributed by atoms with Gasteiger partial charge in [-0.15, -0.1) is 0 Å². The van der Waals surface area contributed by atoms with Crippen molar-refractivity contribution in [3.63, 3.8) is 0 Å². The summed E-state index contributed by atoms with van der Waals surface area (Å²) in [7, 11) is 0. The molecule has 1 aromatic carbocycles. The normalized spacial score (nSPS) is 13.2. The van der Waals surface area contributed by atoms with E-state index in [0.717, 1.165) is 17.5 Å². The van der Waals surface area contributed by atoms with E-state index in [9.17, 15) is 9.90 Å². The molecule has 0 aliphatic carbocycles. The fourth-order valence-corrected chi connectivity index (χ4v) is 2.31. The number of benzene rings is 1. The maximum atomic E-state index is 11.3. The second-order valence-electron chi connectivity index (χ2n) is 5.84. The smallest absolute Gasteiger partial charge is 0.320 e. The van der Waals surface area contributed by atoms with Gasteiger partial charge in [-0.1, -0.05) is 50.6 Å². The van der Waals surface area contributed by atoms with Gasteiger partial charge in [0, 0.05) is 31.0 Å². The molecule has 0 aliphatic rings. The van der Waals surface area contributed by atoms with Crippen LogP contribution in [-0.2, 0) is 17.9 Å². The van der Waals surface area contributed by atoms with Gasteiger partial charge in [0.15, 0.2) is 0 Å². The third kappa shape index (κ3) is 5.31. The standard InChI is InChI=1S/C18H24N4O2/c1-3-13(2)16(17(23)24)19-10-15-11-21-18(22-12-15)20-9-14-7-5-4-6-8-14/h4-8,11-13,16,19H,3,9-10H2,1-2H3,(H,23,24)(H,20,21,22). The van der Waals surface area contributed by atoms with Crippen LogP contribution in [0.25, 0.3) is 0 Å². The van der Waals surface area contributed by atoms with E-state index in [1.807, 2.05) is 44.2 Å². The zero-order valence-corrected chi connectivity index (χ0v) is 14.1. The lowest BCUT2D eigenvalue weighted by molar-refractivity contribution is -0.140. The minimum absolute atomic E-state index is 0.0650. The summed E-state index contributed by atoms with van der Waals surface area (Å²) in [5.41, 5.74) is 2.01. The van der Waals surface area contributed by atoms with Gasteiger partial charge < -0.3 is 10.4 Å². The summed E-state index contributed by atoms with van der Waals surface area (Å²) in [5.74, 6) is -0.207. The van der Waals surface area contributed by atoms with E-state index in [-0.39, 0.29) is 5.92 Å². The van der Waals surface area contributed by atoms with Gasteiger partial charge in [0.1, 0.15) is 6.04 Å². The van der Waals surface area contributed by atoms with Crippen LogP contribution in [0.5, 0.6) is 0 Å². The Balaban J connectivity index is 1.86. The molecule has 6 nitrogen and oxygen atoms in total. The molecule has 2 aromatic rings. The summed E-state index contributed by atoms with van der Waals surface area (Å²) in [6.45, 7) is 5.01. The van der Waals surface area contributed by atoms with Gasteiger partial charge >= 0.3 is 5.97 Å². The number of hydrogen-bond acceptors (Lipinski definition) is 5.